The van der Waals surface area contributed by atoms with E-state index < -0.39 is 5.82 Å². The van der Waals surface area contributed by atoms with Gasteiger partial charge in [-0.15, -0.1) is 11.6 Å². The van der Waals surface area contributed by atoms with Crippen molar-refractivity contribution in [3.63, 3.8) is 0 Å². The van der Waals surface area contributed by atoms with E-state index in [1.54, 1.807) is 0 Å². The van der Waals surface area contributed by atoms with Crippen molar-refractivity contribution in [2.75, 3.05) is 6.54 Å². The third-order valence-corrected chi connectivity index (χ3v) is 3.87. The Labute approximate surface area is 105 Å². The molecule has 2 rings (SSSR count). The number of alkyl halides is 1. The second kappa shape index (κ2) is 5.78. The van der Waals surface area contributed by atoms with Crippen LogP contribution in [0.3, 0.4) is 0 Å². The third-order valence-electron chi connectivity index (χ3n) is 3.30. The van der Waals surface area contributed by atoms with Gasteiger partial charge in [-0.25, -0.2) is 8.78 Å². The summed E-state index contributed by atoms with van der Waals surface area (Å²) in [5.41, 5.74) is 0.370. The fraction of sp³-hybridized carbons (Fsp3) is 0.538. The van der Waals surface area contributed by atoms with Crippen LogP contribution in [0.4, 0.5) is 8.78 Å². The van der Waals surface area contributed by atoms with E-state index in [0.717, 1.165) is 37.9 Å². The van der Waals surface area contributed by atoms with Gasteiger partial charge in [0.15, 0.2) is 0 Å². The molecule has 0 radical (unpaired) electrons. The fourth-order valence-electron chi connectivity index (χ4n) is 2.29. The molecule has 0 heterocycles. The van der Waals surface area contributed by atoms with E-state index in [2.05, 4.69) is 5.32 Å². The Morgan fingerprint density at radius 1 is 1.29 bits per heavy atom. The average Bonchev–Trinajstić information content (AvgIpc) is 2.70. The van der Waals surface area contributed by atoms with Crippen LogP contribution in [-0.4, -0.2) is 11.9 Å². The van der Waals surface area contributed by atoms with E-state index in [1.165, 1.54) is 6.07 Å². The zero-order valence-electron chi connectivity index (χ0n) is 9.56. The Bertz CT molecular complexity index is 384. The molecule has 0 amide bonds. The van der Waals surface area contributed by atoms with Gasteiger partial charge in [0.25, 0.3) is 0 Å². The maximum Gasteiger partial charge on any atom is 0.127 e. The maximum atomic E-state index is 13.3. The summed E-state index contributed by atoms with van der Waals surface area (Å²) in [5.74, 6) is -0.319. The number of hydrogen-bond donors (Lipinski definition) is 1. The van der Waals surface area contributed by atoms with Crippen LogP contribution in [0.1, 0.15) is 24.8 Å². The van der Waals surface area contributed by atoms with Crippen LogP contribution in [-0.2, 0) is 6.54 Å². The van der Waals surface area contributed by atoms with Gasteiger partial charge >= 0.3 is 0 Å². The number of halogens is 3. The van der Waals surface area contributed by atoms with Gasteiger partial charge in [-0.2, -0.15) is 0 Å². The van der Waals surface area contributed by atoms with Crippen molar-refractivity contribution in [2.24, 2.45) is 5.92 Å². The lowest BCUT2D eigenvalue weighted by Crippen LogP contribution is -2.25. The van der Waals surface area contributed by atoms with Crippen molar-refractivity contribution in [1.29, 1.82) is 0 Å². The first-order chi connectivity index (χ1) is 8.16. The van der Waals surface area contributed by atoms with Crippen molar-refractivity contribution in [1.82, 2.24) is 5.32 Å². The summed E-state index contributed by atoms with van der Waals surface area (Å²) in [7, 11) is 0. The van der Waals surface area contributed by atoms with Crippen molar-refractivity contribution >= 4 is 11.6 Å². The summed E-state index contributed by atoms with van der Waals surface area (Å²) in [6, 6.07) is 3.52. The zero-order chi connectivity index (χ0) is 12.3. The van der Waals surface area contributed by atoms with Gasteiger partial charge in [-0.3, -0.25) is 0 Å². The summed E-state index contributed by atoms with van der Waals surface area (Å²) in [6.45, 7) is 1.12. The molecule has 1 fully saturated rings. The molecule has 1 saturated carbocycles. The highest BCUT2D eigenvalue weighted by molar-refractivity contribution is 6.20. The van der Waals surface area contributed by atoms with Gasteiger partial charge in [-0.05, 0) is 43.5 Å². The van der Waals surface area contributed by atoms with Gasteiger partial charge < -0.3 is 5.32 Å². The molecule has 1 aliphatic rings. The fourth-order valence-corrected chi connectivity index (χ4v) is 2.66. The van der Waals surface area contributed by atoms with Gasteiger partial charge in [0.05, 0.1) is 0 Å². The Kier molecular flexibility index (Phi) is 4.35. The van der Waals surface area contributed by atoms with E-state index >= 15 is 0 Å². The highest BCUT2D eigenvalue weighted by atomic mass is 35.5. The first kappa shape index (κ1) is 12.8. The lowest BCUT2D eigenvalue weighted by molar-refractivity contribution is 0.485. The minimum absolute atomic E-state index is 0.222. The van der Waals surface area contributed by atoms with Gasteiger partial charge in [0.2, 0.25) is 0 Å². The van der Waals surface area contributed by atoms with Crippen LogP contribution in [0.2, 0.25) is 0 Å². The molecule has 94 valence electrons. The van der Waals surface area contributed by atoms with Gasteiger partial charge in [0.1, 0.15) is 11.6 Å². The van der Waals surface area contributed by atoms with Crippen LogP contribution in [0, 0.1) is 17.6 Å². The predicted molar refractivity (Wildman–Crippen MR) is 65.0 cm³/mol. The van der Waals surface area contributed by atoms with E-state index in [-0.39, 0.29) is 11.2 Å². The quantitative estimate of drug-likeness (QED) is 0.817. The lowest BCUT2D eigenvalue weighted by atomic mass is 10.1. The van der Waals surface area contributed by atoms with Crippen LogP contribution in [0.25, 0.3) is 0 Å². The number of rotatable bonds is 4. The molecular formula is C13H16ClF2N. The van der Waals surface area contributed by atoms with Crippen molar-refractivity contribution in [3.05, 3.63) is 35.4 Å². The Morgan fingerprint density at radius 3 is 2.82 bits per heavy atom. The molecule has 17 heavy (non-hydrogen) atoms. The molecule has 1 aromatic carbocycles. The number of benzene rings is 1. The molecule has 0 saturated heterocycles. The number of hydrogen-bond acceptors (Lipinski definition) is 1. The topological polar surface area (TPSA) is 12.0 Å². The first-order valence-corrected chi connectivity index (χ1v) is 6.39. The van der Waals surface area contributed by atoms with Crippen LogP contribution in [0.15, 0.2) is 18.2 Å². The summed E-state index contributed by atoms with van der Waals surface area (Å²) in [6.07, 6.45) is 3.34. The minimum Gasteiger partial charge on any atom is -0.312 e. The van der Waals surface area contributed by atoms with E-state index in [4.69, 9.17) is 11.6 Å². The molecule has 0 spiro atoms. The molecule has 1 aliphatic carbocycles. The zero-order valence-corrected chi connectivity index (χ0v) is 10.3. The smallest absolute Gasteiger partial charge is 0.127 e. The van der Waals surface area contributed by atoms with Crippen LogP contribution < -0.4 is 5.32 Å². The lowest BCUT2D eigenvalue weighted by Gasteiger charge is -2.14. The summed E-state index contributed by atoms with van der Waals surface area (Å²) in [5, 5.41) is 3.37. The molecule has 1 nitrogen and oxygen atoms in total. The largest absolute Gasteiger partial charge is 0.312 e. The molecule has 0 aliphatic heterocycles. The SMILES string of the molecule is Fc1ccc(F)c(CNCC2CCCC2Cl)c1. The Hall–Kier alpha value is -0.670. The summed E-state index contributed by atoms with van der Waals surface area (Å²) < 4.78 is 26.2. The molecule has 0 bridgehead atoms. The molecule has 2 atom stereocenters. The second-order valence-corrected chi connectivity index (χ2v) is 5.13. The summed E-state index contributed by atoms with van der Waals surface area (Å²) in [4.78, 5) is 0. The Balaban J connectivity index is 1.83. The standard InChI is InChI=1S/C13H16ClF2N/c14-12-3-1-2-9(12)7-17-8-10-6-11(15)4-5-13(10)16/h4-6,9,12,17H,1-3,7-8H2. The van der Waals surface area contributed by atoms with E-state index in [0.29, 0.717) is 18.0 Å². The molecular weight excluding hydrogens is 244 g/mol. The molecule has 2 unspecified atom stereocenters. The van der Waals surface area contributed by atoms with Crippen molar-refractivity contribution < 1.29 is 8.78 Å². The van der Waals surface area contributed by atoms with Crippen LogP contribution >= 0.6 is 11.6 Å². The third kappa shape index (κ3) is 3.39. The number of nitrogens with one attached hydrogen (secondary N) is 1. The summed E-state index contributed by atoms with van der Waals surface area (Å²) >= 11 is 6.14. The van der Waals surface area contributed by atoms with E-state index in [1.807, 2.05) is 0 Å². The van der Waals surface area contributed by atoms with Gasteiger partial charge in [0, 0.05) is 17.5 Å². The van der Waals surface area contributed by atoms with E-state index in [9.17, 15) is 8.78 Å². The normalized spacial score (nSPS) is 24.2. The van der Waals surface area contributed by atoms with Gasteiger partial charge in [-0.1, -0.05) is 6.42 Å². The minimum atomic E-state index is -0.403. The van der Waals surface area contributed by atoms with Crippen LogP contribution in [0.5, 0.6) is 0 Å². The highest BCUT2D eigenvalue weighted by Crippen LogP contribution is 2.29. The monoisotopic (exact) mass is 259 g/mol. The average molecular weight is 260 g/mol. The highest BCUT2D eigenvalue weighted by Gasteiger charge is 2.24. The second-order valence-electron chi connectivity index (χ2n) is 4.57. The van der Waals surface area contributed by atoms with Crippen molar-refractivity contribution in [3.8, 4) is 0 Å². The van der Waals surface area contributed by atoms with Crippen molar-refractivity contribution in [2.45, 2.75) is 31.2 Å². The molecule has 1 N–H and O–H groups in total. The Morgan fingerprint density at radius 2 is 2.12 bits per heavy atom. The maximum absolute atomic E-state index is 13.3. The molecule has 4 heteroatoms. The molecule has 0 aromatic heterocycles. The molecule has 1 aromatic rings. The first-order valence-electron chi connectivity index (χ1n) is 5.95. The predicted octanol–water partition coefficient (Wildman–Crippen LogP) is 3.46.